The summed E-state index contributed by atoms with van der Waals surface area (Å²) in [5, 5.41) is 0.294. The number of aldehydes is 1. The van der Waals surface area contributed by atoms with E-state index in [2.05, 4.69) is 0 Å². The van der Waals surface area contributed by atoms with Gasteiger partial charge in [-0.25, -0.2) is 4.39 Å². The summed E-state index contributed by atoms with van der Waals surface area (Å²) < 4.78 is 24.3. The fraction of sp³-hybridized carbons (Fsp3) is 0.0588. The second-order valence-corrected chi connectivity index (χ2v) is 4.68. The van der Waals surface area contributed by atoms with Crippen molar-refractivity contribution < 1.29 is 18.3 Å². The molecular weight excluding hydrogens is 287 g/mol. The molecule has 0 saturated carbocycles. The molecule has 110 valence electrons. The first-order valence-electron chi connectivity index (χ1n) is 6.56. The SMILES string of the molecule is O=Cc1coc2cc(OCc3ccccc3F)ccc2c1=O. The zero-order valence-corrected chi connectivity index (χ0v) is 11.4. The number of fused-ring (bicyclic) bond motifs is 1. The molecule has 0 bridgehead atoms. The van der Waals surface area contributed by atoms with E-state index in [9.17, 15) is 14.0 Å². The van der Waals surface area contributed by atoms with Crippen LogP contribution in [0.4, 0.5) is 4.39 Å². The van der Waals surface area contributed by atoms with Gasteiger partial charge in [-0.15, -0.1) is 0 Å². The number of hydrogen-bond acceptors (Lipinski definition) is 4. The van der Waals surface area contributed by atoms with Crippen molar-refractivity contribution in [3.63, 3.8) is 0 Å². The number of carbonyl (C=O) groups excluding carboxylic acids is 1. The van der Waals surface area contributed by atoms with Gasteiger partial charge in [0.2, 0.25) is 5.43 Å². The van der Waals surface area contributed by atoms with Gasteiger partial charge in [-0.05, 0) is 18.2 Å². The van der Waals surface area contributed by atoms with Crippen molar-refractivity contribution in [2.75, 3.05) is 0 Å². The minimum absolute atomic E-state index is 0.0347. The van der Waals surface area contributed by atoms with Gasteiger partial charge in [0.25, 0.3) is 0 Å². The van der Waals surface area contributed by atoms with E-state index in [0.29, 0.717) is 28.6 Å². The Morgan fingerprint density at radius 3 is 2.77 bits per heavy atom. The molecule has 0 amide bonds. The van der Waals surface area contributed by atoms with Crippen molar-refractivity contribution in [3.8, 4) is 5.75 Å². The third kappa shape index (κ3) is 2.61. The normalized spacial score (nSPS) is 10.6. The number of carbonyl (C=O) groups is 1. The van der Waals surface area contributed by atoms with Crippen molar-refractivity contribution in [2.45, 2.75) is 6.61 Å². The molecular formula is C17H11FO4. The maximum Gasteiger partial charge on any atom is 0.203 e. The summed E-state index contributed by atoms with van der Waals surface area (Å²) >= 11 is 0. The molecule has 0 radical (unpaired) electrons. The molecule has 0 unspecified atom stereocenters. The zero-order chi connectivity index (χ0) is 15.5. The predicted octanol–water partition coefficient (Wildman–Crippen LogP) is 3.32. The minimum atomic E-state index is -0.392. The van der Waals surface area contributed by atoms with Crippen LogP contribution in [0.5, 0.6) is 5.75 Å². The van der Waals surface area contributed by atoms with Crippen LogP contribution in [0, 0.1) is 5.82 Å². The Bertz CT molecular complexity index is 899. The minimum Gasteiger partial charge on any atom is -0.489 e. The van der Waals surface area contributed by atoms with Crippen molar-refractivity contribution in [3.05, 3.63) is 75.9 Å². The van der Waals surface area contributed by atoms with Gasteiger partial charge in [-0.2, -0.15) is 0 Å². The van der Waals surface area contributed by atoms with Gasteiger partial charge in [0.1, 0.15) is 30.0 Å². The molecule has 0 aliphatic heterocycles. The Labute approximate surface area is 124 Å². The summed E-state index contributed by atoms with van der Waals surface area (Å²) in [6.07, 6.45) is 1.56. The molecule has 0 fully saturated rings. The highest BCUT2D eigenvalue weighted by Gasteiger charge is 2.08. The van der Waals surface area contributed by atoms with Gasteiger partial charge in [-0.1, -0.05) is 18.2 Å². The molecule has 1 heterocycles. The Balaban J connectivity index is 1.88. The lowest BCUT2D eigenvalue weighted by Gasteiger charge is -2.07. The number of benzene rings is 2. The number of ether oxygens (including phenoxy) is 1. The van der Waals surface area contributed by atoms with Crippen LogP contribution in [0.3, 0.4) is 0 Å². The van der Waals surface area contributed by atoms with E-state index in [0.717, 1.165) is 6.26 Å². The summed E-state index contributed by atoms with van der Waals surface area (Å²) in [6, 6.07) is 11.0. The summed E-state index contributed by atoms with van der Waals surface area (Å²) in [5.41, 5.74) is 0.311. The smallest absolute Gasteiger partial charge is 0.203 e. The van der Waals surface area contributed by atoms with Gasteiger partial charge in [0.15, 0.2) is 6.29 Å². The molecule has 0 saturated heterocycles. The Morgan fingerprint density at radius 1 is 1.18 bits per heavy atom. The Morgan fingerprint density at radius 2 is 2.00 bits per heavy atom. The third-order valence-electron chi connectivity index (χ3n) is 3.25. The van der Waals surface area contributed by atoms with Crippen LogP contribution in [0.15, 0.2) is 57.9 Å². The van der Waals surface area contributed by atoms with Crippen LogP contribution in [0.2, 0.25) is 0 Å². The van der Waals surface area contributed by atoms with E-state index >= 15 is 0 Å². The number of hydrogen-bond donors (Lipinski definition) is 0. The third-order valence-corrected chi connectivity index (χ3v) is 3.25. The molecule has 5 heteroatoms. The highest BCUT2D eigenvalue weighted by atomic mass is 19.1. The highest BCUT2D eigenvalue weighted by Crippen LogP contribution is 2.20. The lowest BCUT2D eigenvalue weighted by atomic mass is 10.2. The van der Waals surface area contributed by atoms with Gasteiger partial charge in [0, 0.05) is 11.6 Å². The molecule has 0 atom stereocenters. The largest absolute Gasteiger partial charge is 0.489 e. The highest BCUT2D eigenvalue weighted by molar-refractivity contribution is 5.84. The second kappa shape index (κ2) is 5.81. The topological polar surface area (TPSA) is 56.5 Å². The summed E-state index contributed by atoms with van der Waals surface area (Å²) in [7, 11) is 0. The fourth-order valence-electron chi connectivity index (χ4n) is 2.07. The van der Waals surface area contributed by atoms with E-state index in [4.69, 9.17) is 9.15 Å². The van der Waals surface area contributed by atoms with Crippen molar-refractivity contribution in [1.29, 1.82) is 0 Å². The molecule has 0 spiro atoms. The van der Waals surface area contributed by atoms with Crippen LogP contribution >= 0.6 is 0 Å². The maximum absolute atomic E-state index is 13.5. The summed E-state index contributed by atoms with van der Waals surface area (Å²) in [6.45, 7) is 0.0643. The first kappa shape index (κ1) is 14.0. The maximum atomic E-state index is 13.5. The second-order valence-electron chi connectivity index (χ2n) is 4.68. The van der Waals surface area contributed by atoms with E-state index in [1.165, 1.54) is 18.2 Å². The average molecular weight is 298 g/mol. The quantitative estimate of drug-likeness (QED) is 0.693. The van der Waals surface area contributed by atoms with Gasteiger partial charge < -0.3 is 9.15 Å². The van der Waals surface area contributed by atoms with Gasteiger partial charge >= 0.3 is 0 Å². The van der Waals surface area contributed by atoms with Crippen LogP contribution < -0.4 is 10.2 Å². The van der Waals surface area contributed by atoms with Gasteiger partial charge in [0.05, 0.1) is 10.9 Å². The standard InChI is InChI=1S/C17H11FO4/c18-15-4-2-1-3-11(15)9-21-13-5-6-14-16(7-13)22-10-12(8-19)17(14)20/h1-8,10H,9H2. The number of rotatable bonds is 4. The first-order chi connectivity index (χ1) is 10.7. The summed E-state index contributed by atoms with van der Waals surface area (Å²) in [4.78, 5) is 22.6. The van der Waals surface area contributed by atoms with Crippen molar-refractivity contribution >= 4 is 17.3 Å². The van der Waals surface area contributed by atoms with E-state index in [1.54, 1.807) is 24.3 Å². The molecule has 4 nitrogen and oxygen atoms in total. The first-order valence-corrected chi connectivity index (χ1v) is 6.56. The molecule has 2 aromatic carbocycles. The molecule has 0 aliphatic carbocycles. The fourth-order valence-corrected chi connectivity index (χ4v) is 2.07. The molecule has 22 heavy (non-hydrogen) atoms. The molecule has 0 N–H and O–H groups in total. The molecule has 1 aromatic heterocycles. The average Bonchev–Trinajstić information content (AvgIpc) is 2.54. The lowest BCUT2D eigenvalue weighted by molar-refractivity contribution is 0.112. The predicted molar refractivity (Wildman–Crippen MR) is 78.6 cm³/mol. The van der Waals surface area contributed by atoms with Crippen molar-refractivity contribution in [2.24, 2.45) is 0 Å². The van der Waals surface area contributed by atoms with E-state index in [1.807, 2.05) is 0 Å². The molecule has 3 rings (SSSR count). The van der Waals surface area contributed by atoms with E-state index < -0.39 is 5.43 Å². The van der Waals surface area contributed by atoms with Crippen LogP contribution in [0.1, 0.15) is 15.9 Å². The summed E-state index contributed by atoms with van der Waals surface area (Å²) in [5.74, 6) is 0.100. The van der Waals surface area contributed by atoms with Crippen LogP contribution in [0.25, 0.3) is 11.0 Å². The lowest BCUT2D eigenvalue weighted by Crippen LogP contribution is -2.07. The monoisotopic (exact) mass is 298 g/mol. The molecule has 0 aliphatic rings. The zero-order valence-electron chi connectivity index (χ0n) is 11.4. The van der Waals surface area contributed by atoms with Gasteiger partial charge in [-0.3, -0.25) is 9.59 Å². The Kier molecular flexibility index (Phi) is 3.70. The van der Waals surface area contributed by atoms with Crippen LogP contribution in [-0.2, 0) is 6.61 Å². The Hall–Kier alpha value is -2.95. The van der Waals surface area contributed by atoms with Crippen molar-refractivity contribution in [1.82, 2.24) is 0 Å². The van der Waals surface area contributed by atoms with E-state index in [-0.39, 0.29) is 18.0 Å². The molecule has 3 aromatic rings. The number of halogens is 1. The van der Waals surface area contributed by atoms with Crippen LogP contribution in [-0.4, -0.2) is 6.29 Å².